The van der Waals surface area contributed by atoms with Crippen molar-refractivity contribution in [3.8, 4) is 28.5 Å². The molecule has 1 unspecified atom stereocenters. The molecule has 3 aromatic rings. The molecule has 0 saturated heterocycles. The minimum Gasteiger partial charge on any atom is -0.325 e. The van der Waals surface area contributed by atoms with Gasteiger partial charge in [-0.15, -0.1) is 0 Å². The van der Waals surface area contributed by atoms with Crippen molar-refractivity contribution in [2.24, 2.45) is 5.92 Å². The summed E-state index contributed by atoms with van der Waals surface area (Å²) >= 11 is 0. The quantitative estimate of drug-likeness (QED) is 0.251. The largest absolute Gasteiger partial charge is 0.325 e. The molecule has 1 atom stereocenters. The average Bonchev–Trinajstić information content (AvgIpc) is 3.40. The Morgan fingerprint density at radius 1 is 0.879 bits per heavy atom. The van der Waals surface area contributed by atoms with Crippen molar-refractivity contribution >= 4 is 28.2 Å². The zero-order valence-electron chi connectivity index (χ0n) is 17.8. The van der Waals surface area contributed by atoms with Gasteiger partial charge in [0.25, 0.3) is 0 Å². The Labute approximate surface area is 190 Å². The first kappa shape index (κ1) is 20.3. The number of Topliss-reactive ketones (excluding diaryl/α,β-unsaturated/α-hetero) is 1. The third kappa shape index (κ3) is 3.36. The summed E-state index contributed by atoms with van der Waals surface area (Å²) in [5.74, 6) is -2.74. The average molecular weight is 432 g/mol. The lowest BCUT2D eigenvalue weighted by Crippen LogP contribution is -2.29. The number of nitriles is 1. The zero-order valence-corrected chi connectivity index (χ0v) is 17.8. The maximum Gasteiger partial charge on any atom is 0.249 e. The summed E-state index contributed by atoms with van der Waals surface area (Å²) in [5, 5.41) is 20.5. The molecular weight excluding hydrogens is 412 g/mol. The molecule has 0 aromatic heterocycles. The van der Waals surface area contributed by atoms with Crippen LogP contribution in [0.15, 0.2) is 78.9 Å². The minimum absolute atomic E-state index is 0.217. The van der Waals surface area contributed by atoms with Crippen LogP contribution in [0.4, 0.5) is 5.69 Å². The Bertz CT molecular complexity index is 1490. The first-order valence-electron chi connectivity index (χ1n) is 10.6. The number of fused-ring (bicyclic) bond motifs is 3. The van der Waals surface area contributed by atoms with Crippen LogP contribution in [0.3, 0.4) is 0 Å². The van der Waals surface area contributed by atoms with E-state index in [1.54, 1.807) is 24.3 Å². The van der Waals surface area contributed by atoms with Crippen LogP contribution in [0, 0.1) is 24.2 Å². The lowest BCUT2D eigenvalue weighted by atomic mass is 9.94. The van der Waals surface area contributed by atoms with Crippen molar-refractivity contribution in [2.75, 3.05) is 5.32 Å². The van der Waals surface area contributed by atoms with Gasteiger partial charge in [0.2, 0.25) is 11.7 Å². The van der Waals surface area contributed by atoms with Crippen LogP contribution in [0.1, 0.15) is 16.1 Å². The minimum atomic E-state index is -1.50. The summed E-state index contributed by atoms with van der Waals surface area (Å²) in [6, 6.07) is 26.5. The second-order valence-corrected chi connectivity index (χ2v) is 7.90. The number of aromatic nitrogens is 2. The van der Waals surface area contributed by atoms with Gasteiger partial charge in [0.05, 0.1) is 11.8 Å². The Morgan fingerprint density at radius 2 is 1.58 bits per heavy atom. The van der Waals surface area contributed by atoms with Gasteiger partial charge in [0.15, 0.2) is 5.92 Å². The van der Waals surface area contributed by atoms with Gasteiger partial charge in [-0.3, -0.25) is 19.8 Å². The molecule has 0 fully saturated rings. The molecule has 0 saturated carbocycles. The van der Waals surface area contributed by atoms with Crippen LogP contribution < -0.4 is 5.32 Å². The van der Waals surface area contributed by atoms with Gasteiger partial charge in [0, 0.05) is 22.2 Å². The maximum absolute atomic E-state index is 13.5. The second kappa shape index (κ2) is 8.13. The number of nitrogens with zero attached hydrogens (tertiary/aromatic N) is 1. The molecule has 1 amide bonds. The molecule has 33 heavy (non-hydrogen) atoms. The number of nitrogens with one attached hydrogen (secondary N) is 3. The number of anilines is 1. The van der Waals surface area contributed by atoms with Crippen LogP contribution in [0.2, 0.25) is 0 Å². The van der Waals surface area contributed by atoms with E-state index in [1.807, 2.05) is 67.6 Å². The van der Waals surface area contributed by atoms with Crippen LogP contribution in [-0.2, 0) is 4.79 Å². The normalized spacial score (nSPS) is 11.9. The maximum atomic E-state index is 13.5. The molecule has 6 heteroatoms. The number of hydrogen-bond acceptors (Lipinski definition) is 3. The molecule has 3 N–H and O–H groups in total. The van der Waals surface area contributed by atoms with Gasteiger partial charge in [-0.25, -0.2) is 0 Å². The van der Waals surface area contributed by atoms with Gasteiger partial charge in [-0.1, -0.05) is 66.7 Å². The third-order valence-electron chi connectivity index (χ3n) is 5.86. The van der Waals surface area contributed by atoms with Crippen LogP contribution >= 0.6 is 0 Å². The number of rotatable bonds is 5. The molecule has 1 heterocycles. The lowest BCUT2D eigenvalue weighted by Gasteiger charge is -2.10. The van der Waals surface area contributed by atoms with E-state index in [2.05, 4.69) is 15.5 Å². The van der Waals surface area contributed by atoms with Crippen molar-refractivity contribution in [1.82, 2.24) is 10.2 Å². The summed E-state index contributed by atoms with van der Waals surface area (Å²) in [6.07, 6.45) is 0. The van der Waals surface area contributed by atoms with Crippen molar-refractivity contribution in [3.05, 3.63) is 90.1 Å². The molecule has 0 bridgehead atoms. The van der Waals surface area contributed by atoms with Gasteiger partial charge < -0.3 is 5.32 Å². The van der Waals surface area contributed by atoms with E-state index in [-0.39, 0.29) is 5.69 Å². The smallest absolute Gasteiger partial charge is 0.249 e. The van der Waals surface area contributed by atoms with Crippen LogP contribution in [0.25, 0.3) is 33.2 Å². The highest BCUT2D eigenvalue weighted by atomic mass is 16.2. The number of hydrogen-bond donors (Lipinski definition) is 3. The molecule has 1 aliphatic heterocycles. The Hall–Kier alpha value is -4.63. The van der Waals surface area contributed by atoms with E-state index in [4.69, 9.17) is 0 Å². The molecule has 160 valence electrons. The molecule has 0 radical (unpaired) electrons. The molecular formula is C27H20N4O2. The Morgan fingerprint density at radius 3 is 2.27 bits per heavy atom. The molecule has 6 nitrogen and oxygen atoms in total. The van der Waals surface area contributed by atoms with Gasteiger partial charge >= 0.3 is 0 Å². The highest BCUT2D eigenvalue weighted by molar-refractivity contribution is 6.23. The summed E-state index contributed by atoms with van der Waals surface area (Å²) in [6.45, 7) is 2.03. The summed E-state index contributed by atoms with van der Waals surface area (Å²) in [5.41, 5.74) is 5.13. The van der Waals surface area contributed by atoms with E-state index in [0.717, 1.165) is 33.2 Å². The number of para-hydroxylation sites is 1. The fourth-order valence-electron chi connectivity index (χ4n) is 4.35. The number of aromatic amines is 2. The number of carbonyl (C=O) groups excluding carboxylic acids is 2. The fourth-order valence-corrected chi connectivity index (χ4v) is 4.35. The lowest BCUT2D eigenvalue weighted by molar-refractivity contribution is -0.117. The summed E-state index contributed by atoms with van der Waals surface area (Å²) in [4.78, 5) is 26.3. The number of amides is 1. The van der Waals surface area contributed by atoms with E-state index >= 15 is 0 Å². The van der Waals surface area contributed by atoms with Crippen molar-refractivity contribution in [1.29, 1.82) is 5.26 Å². The van der Waals surface area contributed by atoms with Gasteiger partial charge in [-0.05, 0) is 35.6 Å². The SMILES string of the molecule is Cc1cccc2c3[nH][nH]c(C(=O)C(C#N)C(=O)Nc4ccccc4)c-3c(-c3ccccc3)c12. The highest BCUT2D eigenvalue weighted by Crippen LogP contribution is 2.47. The van der Waals surface area contributed by atoms with Crippen molar-refractivity contribution in [3.63, 3.8) is 0 Å². The number of ketones is 1. The van der Waals surface area contributed by atoms with E-state index < -0.39 is 17.6 Å². The van der Waals surface area contributed by atoms with E-state index in [9.17, 15) is 14.9 Å². The molecule has 0 spiro atoms. The first-order valence-corrected chi connectivity index (χ1v) is 10.6. The predicted octanol–water partition coefficient (Wildman–Crippen LogP) is 5.54. The van der Waals surface area contributed by atoms with Crippen LogP contribution in [0.5, 0.6) is 0 Å². The predicted molar refractivity (Wildman–Crippen MR) is 128 cm³/mol. The second-order valence-electron chi connectivity index (χ2n) is 7.90. The van der Waals surface area contributed by atoms with Crippen molar-refractivity contribution in [2.45, 2.75) is 6.92 Å². The number of aryl methyl sites for hydroxylation is 1. The first-order chi connectivity index (χ1) is 16.1. The van der Waals surface area contributed by atoms with Gasteiger partial charge in [0.1, 0.15) is 5.69 Å². The summed E-state index contributed by atoms with van der Waals surface area (Å²) < 4.78 is 0. The zero-order chi connectivity index (χ0) is 22.9. The molecule has 5 rings (SSSR count). The van der Waals surface area contributed by atoms with E-state index in [1.165, 1.54) is 0 Å². The molecule has 3 aromatic carbocycles. The third-order valence-corrected chi connectivity index (χ3v) is 5.86. The Balaban J connectivity index is 1.64. The Kier molecular flexibility index (Phi) is 5.00. The van der Waals surface area contributed by atoms with E-state index in [0.29, 0.717) is 11.3 Å². The standard InChI is InChI=1S/C27H20N4O2/c1-16-9-8-14-19-21(16)22(17-10-4-2-5-11-17)23-24(19)30-31-25(23)26(32)20(15-28)27(33)29-18-12-6-3-7-13-18/h2-14,20,30-31H,1H3,(H,29,33). The van der Waals surface area contributed by atoms with Crippen LogP contribution in [-0.4, -0.2) is 21.9 Å². The van der Waals surface area contributed by atoms with Gasteiger partial charge in [-0.2, -0.15) is 5.26 Å². The molecule has 1 aliphatic carbocycles. The summed E-state index contributed by atoms with van der Waals surface area (Å²) in [7, 11) is 0. The highest BCUT2D eigenvalue weighted by Gasteiger charge is 2.34. The number of carbonyl (C=O) groups is 2. The molecule has 2 aliphatic rings. The van der Waals surface area contributed by atoms with Crippen molar-refractivity contribution < 1.29 is 9.59 Å². The fraction of sp³-hybridized carbons (Fsp3) is 0.0741. The topological polar surface area (TPSA) is 102 Å². The number of benzene rings is 3. The monoisotopic (exact) mass is 432 g/mol. The number of H-pyrrole nitrogens is 2.